The summed E-state index contributed by atoms with van der Waals surface area (Å²) >= 11 is 1.71. The Labute approximate surface area is 205 Å². The molecule has 0 bridgehead atoms. The molecule has 0 saturated carbocycles. The minimum atomic E-state index is -0.366. The lowest BCUT2D eigenvalue weighted by Gasteiger charge is -2.18. The summed E-state index contributed by atoms with van der Waals surface area (Å²) in [6.45, 7) is 0.441. The van der Waals surface area contributed by atoms with E-state index in [1.807, 2.05) is 12.1 Å². The first-order valence-corrected chi connectivity index (χ1v) is 12.1. The number of benzene rings is 2. The van der Waals surface area contributed by atoms with Gasteiger partial charge in [-0.3, -0.25) is 14.3 Å². The van der Waals surface area contributed by atoms with Gasteiger partial charge in [0.2, 0.25) is 5.95 Å². The monoisotopic (exact) mass is 485 g/mol. The van der Waals surface area contributed by atoms with Gasteiger partial charge >= 0.3 is 0 Å². The normalized spacial score (nSPS) is 12.1. The van der Waals surface area contributed by atoms with Gasteiger partial charge in [0.05, 0.1) is 11.3 Å². The van der Waals surface area contributed by atoms with Crippen LogP contribution in [-0.2, 0) is 13.5 Å². The summed E-state index contributed by atoms with van der Waals surface area (Å²) in [5, 5.41) is 6.64. The number of pyridine rings is 1. The molecule has 2 aromatic carbocycles. The van der Waals surface area contributed by atoms with Crippen molar-refractivity contribution in [3.63, 3.8) is 0 Å². The maximum Gasteiger partial charge on any atom is 0.263 e. The Bertz CT molecular complexity index is 1530. The van der Waals surface area contributed by atoms with Crippen LogP contribution in [0.3, 0.4) is 0 Å². The van der Waals surface area contributed by atoms with E-state index in [1.54, 1.807) is 55.0 Å². The van der Waals surface area contributed by atoms with Crippen LogP contribution in [0.5, 0.6) is 0 Å². The maximum atomic E-state index is 13.5. The summed E-state index contributed by atoms with van der Waals surface area (Å²) < 4.78 is 16.2. The number of rotatable bonds is 7. The molecule has 35 heavy (non-hydrogen) atoms. The highest BCUT2D eigenvalue weighted by Crippen LogP contribution is 2.29. The van der Waals surface area contributed by atoms with Crippen molar-refractivity contribution in [3.8, 4) is 22.4 Å². The van der Waals surface area contributed by atoms with Crippen LogP contribution in [0.25, 0.3) is 32.5 Å². The molecule has 0 fully saturated rings. The summed E-state index contributed by atoms with van der Waals surface area (Å²) in [6.07, 6.45) is 4.00. The SMILES string of the molecule is Cn1c(NCC(N)Cc2csc3ccccc23)nc(-c2ccncc2)c(-c2ccc(F)cc2)c1=O. The van der Waals surface area contributed by atoms with E-state index in [0.717, 1.165) is 5.56 Å². The molecule has 0 radical (unpaired) electrons. The number of nitrogens with zero attached hydrogens (tertiary/aromatic N) is 3. The number of nitrogens with one attached hydrogen (secondary N) is 1. The number of thiophene rings is 1. The predicted molar refractivity (Wildman–Crippen MR) is 140 cm³/mol. The number of hydrogen-bond acceptors (Lipinski definition) is 6. The highest BCUT2D eigenvalue weighted by Gasteiger charge is 2.19. The van der Waals surface area contributed by atoms with E-state index in [4.69, 9.17) is 10.7 Å². The lowest BCUT2D eigenvalue weighted by molar-refractivity contribution is 0.628. The fourth-order valence-electron chi connectivity index (χ4n) is 4.12. The van der Waals surface area contributed by atoms with Gasteiger partial charge in [0.25, 0.3) is 5.56 Å². The number of nitrogens with two attached hydrogens (primary N) is 1. The zero-order valence-electron chi connectivity index (χ0n) is 19.1. The van der Waals surface area contributed by atoms with Crippen molar-refractivity contribution in [1.29, 1.82) is 0 Å². The quantitative estimate of drug-likeness (QED) is 0.344. The molecule has 0 aliphatic carbocycles. The number of anilines is 1. The Morgan fingerprint density at radius 1 is 1.06 bits per heavy atom. The second-order valence-electron chi connectivity index (χ2n) is 8.37. The molecular formula is C27H24FN5OS. The Balaban J connectivity index is 1.46. The summed E-state index contributed by atoms with van der Waals surface area (Å²) in [5.41, 5.74) is 9.68. The van der Waals surface area contributed by atoms with Crippen LogP contribution in [0, 0.1) is 5.82 Å². The molecule has 176 valence electrons. The third kappa shape index (κ3) is 4.71. The third-order valence-corrected chi connectivity index (χ3v) is 6.96. The standard InChI is InChI=1S/C27H24FN5OS/c1-33-26(34)24(17-6-8-20(28)9-7-17)25(18-10-12-30-13-11-18)32-27(33)31-15-21(29)14-19-16-35-23-5-3-2-4-22(19)23/h2-13,16,21H,14-15,29H2,1H3,(H,31,32). The summed E-state index contributed by atoms with van der Waals surface area (Å²) in [4.78, 5) is 22.3. The van der Waals surface area contributed by atoms with Gasteiger partial charge in [-0.2, -0.15) is 0 Å². The molecule has 0 spiro atoms. The van der Waals surface area contributed by atoms with Gasteiger partial charge in [-0.25, -0.2) is 9.37 Å². The minimum Gasteiger partial charge on any atom is -0.354 e. The molecule has 3 N–H and O–H groups in total. The topological polar surface area (TPSA) is 85.8 Å². The zero-order valence-corrected chi connectivity index (χ0v) is 19.9. The molecule has 8 heteroatoms. The van der Waals surface area contributed by atoms with Crippen LogP contribution < -0.4 is 16.6 Å². The van der Waals surface area contributed by atoms with Crippen molar-refractivity contribution in [2.75, 3.05) is 11.9 Å². The van der Waals surface area contributed by atoms with E-state index < -0.39 is 0 Å². The summed E-state index contributed by atoms with van der Waals surface area (Å²) in [6, 6.07) is 17.6. The van der Waals surface area contributed by atoms with Crippen LogP contribution in [0.15, 0.2) is 83.2 Å². The molecular weight excluding hydrogens is 461 g/mol. The average molecular weight is 486 g/mol. The zero-order chi connectivity index (χ0) is 24.4. The molecule has 0 aliphatic heterocycles. The Morgan fingerprint density at radius 3 is 2.57 bits per heavy atom. The summed E-state index contributed by atoms with van der Waals surface area (Å²) in [7, 11) is 1.67. The average Bonchev–Trinajstić information content (AvgIpc) is 3.29. The highest BCUT2D eigenvalue weighted by atomic mass is 32.1. The van der Waals surface area contributed by atoms with Crippen molar-refractivity contribution in [3.05, 3.63) is 100 Å². The second-order valence-corrected chi connectivity index (χ2v) is 9.28. The summed E-state index contributed by atoms with van der Waals surface area (Å²) in [5.74, 6) is 0.0490. The van der Waals surface area contributed by atoms with Crippen molar-refractivity contribution in [2.24, 2.45) is 12.8 Å². The number of hydrogen-bond donors (Lipinski definition) is 2. The van der Waals surface area contributed by atoms with Gasteiger partial charge in [-0.1, -0.05) is 30.3 Å². The molecule has 0 aliphatic rings. The second kappa shape index (κ2) is 9.77. The van der Waals surface area contributed by atoms with Crippen molar-refractivity contribution < 1.29 is 4.39 Å². The van der Waals surface area contributed by atoms with Crippen LogP contribution in [0.4, 0.5) is 10.3 Å². The lowest BCUT2D eigenvalue weighted by atomic mass is 10.0. The van der Waals surface area contributed by atoms with Crippen LogP contribution >= 0.6 is 11.3 Å². The van der Waals surface area contributed by atoms with Crippen molar-refractivity contribution >= 4 is 27.4 Å². The lowest BCUT2D eigenvalue weighted by Crippen LogP contribution is -2.33. The molecule has 1 atom stereocenters. The van der Waals surface area contributed by atoms with Crippen LogP contribution in [-0.4, -0.2) is 27.1 Å². The van der Waals surface area contributed by atoms with E-state index in [0.29, 0.717) is 35.7 Å². The van der Waals surface area contributed by atoms with E-state index >= 15 is 0 Å². The Hall–Kier alpha value is -3.88. The van der Waals surface area contributed by atoms with Gasteiger partial charge in [0, 0.05) is 42.3 Å². The van der Waals surface area contributed by atoms with E-state index in [2.05, 4.69) is 27.8 Å². The minimum absolute atomic E-state index is 0.175. The molecule has 3 heterocycles. The first-order chi connectivity index (χ1) is 17.0. The smallest absolute Gasteiger partial charge is 0.263 e. The van der Waals surface area contributed by atoms with Crippen LogP contribution in [0.2, 0.25) is 0 Å². The Morgan fingerprint density at radius 2 is 1.80 bits per heavy atom. The van der Waals surface area contributed by atoms with E-state index in [-0.39, 0.29) is 17.4 Å². The third-order valence-electron chi connectivity index (χ3n) is 5.94. The fourth-order valence-corrected chi connectivity index (χ4v) is 5.10. The molecule has 3 aromatic heterocycles. The molecule has 5 rings (SSSR count). The van der Waals surface area contributed by atoms with Gasteiger partial charge in [0.15, 0.2) is 0 Å². The maximum absolute atomic E-state index is 13.5. The highest BCUT2D eigenvalue weighted by molar-refractivity contribution is 7.17. The van der Waals surface area contributed by atoms with Gasteiger partial charge < -0.3 is 11.1 Å². The number of halogens is 1. The first-order valence-electron chi connectivity index (χ1n) is 11.2. The molecule has 6 nitrogen and oxygen atoms in total. The first kappa shape index (κ1) is 22.9. The molecule has 5 aromatic rings. The predicted octanol–water partition coefficient (Wildman–Crippen LogP) is 4.85. The Kier molecular flexibility index (Phi) is 6.39. The van der Waals surface area contributed by atoms with Gasteiger partial charge in [-0.05, 0) is 58.6 Å². The molecule has 1 unspecified atom stereocenters. The number of aromatic nitrogens is 3. The van der Waals surface area contributed by atoms with Gasteiger partial charge in [0.1, 0.15) is 5.82 Å². The molecule has 0 amide bonds. The number of fused-ring (bicyclic) bond motifs is 1. The van der Waals surface area contributed by atoms with E-state index in [1.165, 1.54) is 32.3 Å². The van der Waals surface area contributed by atoms with Crippen LogP contribution in [0.1, 0.15) is 5.56 Å². The fraction of sp³-hybridized carbons (Fsp3) is 0.148. The van der Waals surface area contributed by atoms with E-state index in [9.17, 15) is 9.18 Å². The molecule has 0 saturated heterocycles. The van der Waals surface area contributed by atoms with Crippen molar-refractivity contribution in [1.82, 2.24) is 14.5 Å². The largest absolute Gasteiger partial charge is 0.354 e. The van der Waals surface area contributed by atoms with Crippen molar-refractivity contribution in [2.45, 2.75) is 12.5 Å². The van der Waals surface area contributed by atoms with Gasteiger partial charge in [-0.15, -0.1) is 11.3 Å².